The van der Waals surface area contributed by atoms with Crippen LogP contribution in [0.5, 0.6) is 0 Å². The SMILES string of the molecule is CO[C@@H]1[C@H](O)[C@@H](CO)O[C@@]1(C)n1cc(C(N)=O)c(=O)[nH]c1=O. The van der Waals surface area contributed by atoms with Crippen LogP contribution in [0.4, 0.5) is 0 Å². The second-order valence-corrected chi connectivity index (χ2v) is 5.08. The van der Waals surface area contributed by atoms with Gasteiger partial charge in [-0.2, -0.15) is 0 Å². The number of methoxy groups -OCH3 is 1. The van der Waals surface area contributed by atoms with Gasteiger partial charge in [0.1, 0.15) is 23.9 Å². The first kappa shape index (κ1) is 16.4. The van der Waals surface area contributed by atoms with Crippen molar-refractivity contribution in [1.82, 2.24) is 9.55 Å². The van der Waals surface area contributed by atoms with E-state index in [1.807, 2.05) is 4.98 Å². The minimum Gasteiger partial charge on any atom is -0.394 e. The van der Waals surface area contributed by atoms with Gasteiger partial charge in [-0.25, -0.2) is 4.79 Å². The van der Waals surface area contributed by atoms with Crippen molar-refractivity contribution in [3.05, 3.63) is 32.6 Å². The van der Waals surface area contributed by atoms with Crippen LogP contribution >= 0.6 is 0 Å². The van der Waals surface area contributed by atoms with Gasteiger partial charge in [0.15, 0.2) is 5.72 Å². The third-order valence-electron chi connectivity index (χ3n) is 3.73. The highest BCUT2D eigenvalue weighted by Crippen LogP contribution is 2.36. The predicted molar refractivity (Wildman–Crippen MR) is 72.3 cm³/mol. The van der Waals surface area contributed by atoms with Crippen molar-refractivity contribution in [2.75, 3.05) is 13.7 Å². The highest BCUT2D eigenvalue weighted by Gasteiger charge is 2.54. The number of aromatic nitrogens is 2. The highest BCUT2D eigenvalue weighted by molar-refractivity contribution is 5.91. The Hall–Kier alpha value is -2.01. The van der Waals surface area contributed by atoms with Crippen molar-refractivity contribution in [1.29, 1.82) is 0 Å². The largest absolute Gasteiger partial charge is 0.394 e. The van der Waals surface area contributed by atoms with E-state index in [0.717, 1.165) is 10.8 Å². The third-order valence-corrected chi connectivity index (χ3v) is 3.73. The van der Waals surface area contributed by atoms with E-state index in [-0.39, 0.29) is 0 Å². The van der Waals surface area contributed by atoms with Crippen molar-refractivity contribution in [3.63, 3.8) is 0 Å². The molecule has 4 atom stereocenters. The summed E-state index contributed by atoms with van der Waals surface area (Å²) in [7, 11) is 1.29. The Morgan fingerprint density at radius 3 is 2.73 bits per heavy atom. The maximum Gasteiger partial charge on any atom is 0.330 e. The van der Waals surface area contributed by atoms with Gasteiger partial charge in [-0.15, -0.1) is 0 Å². The van der Waals surface area contributed by atoms with Gasteiger partial charge < -0.3 is 25.4 Å². The normalized spacial score (nSPS) is 31.4. The molecule has 0 unspecified atom stereocenters. The topological polar surface area (TPSA) is 157 Å². The van der Waals surface area contributed by atoms with Crippen molar-refractivity contribution in [2.45, 2.75) is 31.0 Å². The van der Waals surface area contributed by atoms with Crippen LogP contribution in [0.3, 0.4) is 0 Å². The molecule has 1 aromatic heterocycles. The zero-order chi connectivity index (χ0) is 16.7. The zero-order valence-electron chi connectivity index (χ0n) is 12.0. The van der Waals surface area contributed by atoms with E-state index in [4.69, 9.17) is 15.2 Å². The Labute approximate surface area is 124 Å². The molecular formula is C12H17N3O7. The number of nitrogens with zero attached hydrogens (tertiary/aromatic N) is 1. The van der Waals surface area contributed by atoms with Crippen LogP contribution in [0.25, 0.3) is 0 Å². The number of nitrogens with two attached hydrogens (primary N) is 1. The van der Waals surface area contributed by atoms with Crippen molar-refractivity contribution in [3.8, 4) is 0 Å². The Morgan fingerprint density at radius 1 is 1.59 bits per heavy atom. The molecule has 0 aromatic carbocycles. The highest BCUT2D eigenvalue weighted by atomic mass is 16.6. The predicted octanol–water partition coefficient (Wildman–Crippen LogP) is -2.92. The lowest BCUT2D eigenvalue weighted by Gasteiger charge is -2.31. The Bertz CT molecular complexity index is 697. The summed E-state index contributed by atoms with van der Waals surface area (Å²) in [4.78, 5) is 36.8. The third kappa shape index (κ3) is 2.35. The quantitative estimate of drug-likeness (QED) is 0.463. The van der Waals surface area contributed by atoms with Gasteiger partial charge in [-0.1, -0.05) is 0 Å². The number of ether oxygens (including phenoxy) is 2. The average Bonchev–Trinajstić information content (AvgIpc) is 2.69. The summed E-state index contributed by atoms with van der Waals surface area (Å²) in [5, 5.41) is 19.3. The molecule has 22 heavy (non-hydrogen) atoms. The average molecular weight is 315 g/mol. The number of carbonyl (C=O) groups is 1. The second-order valence-electron chi connectivity index (χ2n) is 5.08. The summed E-state index contributed by atoms with van der Waals surface area (Å²) in [6.45, 7) is 0.919. The summed E-state index contributed by atoms with van der Waals surface area (Å²) in [6.07, 6.45) is -2.28. The lowest BCUT2D eigenvalue weighted by molar-refractivity contribution is -0.145. The molecule has 0 saturated carbocycles. The molecule has 1 aliphatic rings. The van der Waals surface area contributed by atoms with E-state index < -0.39 is 53.4 Å². The van der Waals surface area contributed by atoms with E-state index >= 15 is 0 Å². The van der Waals surface area contributed by atoms with Crippen LogP contribution in [0.1, 0.15) is 17.3 Å². The molecule has 1 aliphatic heterocycles. The molecule has 0 radical (unpaired) electrons. The molecular weight excluding hydrogens is 298 g/mol. The van der Waals surface area contributed by atoms with Gasteiger partial charge in [0, 0.05) is 13.3 Å². The second kappa shape index (κ2) is 5.65. The smallest absolute Gasteiger partial charge is 0.330 e. The Kier molecular flexibility index (Phi) is 4.20. The first-order valence-corrected chi connectivity index (χ1v) is 6.42. The number of carbonyl (C=O) groups excluding carboxylic acids is 1. The van der Waals surface area contributed by atoms with E-state index in [9.17, 15) is 24.6 Å². The van der Waals surface area contributed by atoms with Crippen molar-refractivity contribution in [2.24, 2.45) is 5.73 Å². The zero-order valence-corrected chi connectivity index (χ0v) is 12.0. The molecule has 0 bridgehead atoms. The number of H-pyrrole nitrogens is 1. The molecule has 2 heterocycles. The number of rotatable bonds is 4. The van der Waals surface area contributed by atoms with Gasteiger partial charge in [-0.3, -0.25) is 19.1 Å². The van der Waals surface area contributed by atoms with Crippen LogP contribution in [-0.2, 0) is 15.2 Å². The van der Waals surface area contributed by atoms with Gasteiger partial charge in [0.25, 0.3) is 11.5 Å². The Balaban J connectivity index is 2.63. The molecule has 5 N–H and O–H groups in total. The molecule has 0 spiro atoms. The molecule has 10 nitrogen and oxygen atoms in total. The van der Waals surface area contributed by atoms with Crippen LogP contribution in [0.2, 0.25) is 0 Å². The minimum atomic E-state index is -1.55. The molecule has 0 aliphatic carbocycles. The van der Waals surface area contributed by atoms with E-state index in [0.29, 0.717) is 0 Å². The molecule has 1 aromatic rings. The first-order valence-electron chi connectivity index (χ1n) is 6.42. The van der Waals surface area contributed by atoms with Crippen LogP contribution in [0, 0.1) is 0 Å². The van der Waals surface area contributed by atoms with E-state index in [1.54, 1.807) is 0 Å². The number of amides is 1. The van der Waals surface area contributed by atoms with Gasteiger partial charge in [0.2, 0.25) is 0 Å². The van der Waals surface area contributed by atoms with Crippen LogP contribution < -0.4 is 17.0 Å². The van der Waals surface area contributed by atoms with Crippen molar-refractivity contribution < 1.29 is 24.5 Å². The summed E-state index contributed by atoms with van der Waals surface area (Å²) < 4.78 is 11.6. The number of hydrogen-bond donors (Lipinski definition) is 4. The van der Waals surface area contributed by atoms with Crippen molar-refractivity contribution >= 4 is 5.91 Å². The fraction of sp³-hybridized carbons (Fsp3) is 0.583. The summed E-state index contributed by atoms with van der Waals surface area (Å²) in [5.74, 6) is -1.02. The maximum absolute atomic E-state index is 12.0. The van der Waals surface area contributed by atoms with E-state index in [2.05, 4.69) is 0 Å². The van der Waals surface area contributed by atoms with Crippen LogP contribution in [0.15, 0.2) is 15.8 Å². The fourth-order valence-electron chi connectivity index (χ4n) is 2.63. The number of aromatic amines is 1. The maximum atomic E-state index is 12.0. The fourth-order valence-corrected chi connectivity index (χ4v) is 2.63. The number of aliphatic hydroxyl groups excluding tert-OH is 2. The summed E-state index contributed by atoms with van der Waals surface area (Å²) in [6, 6.07) is 0. The molecule has 1 fully saturated rings. The Morgan fingerprint density at radius 2 is 2.23 bits per heavy atom. The summed E-state index contributed by atoms with van der Waals surface area (Å²) in [5.41, 5.74) is 1.30. The number of aliphatic hydroxyl groups is 2. The molecule has 122 valence electrons. The lowest BCUT2D eigenvalue weighted by atomic mass is 10.0. The monoisotopic (exact) mass is 315 g/mol. The molecule has 1 saturated heterocycles. The molecule has 10 heteroatoms. The van der Waals surface area contributed by atoms with Crippen LogP contribution in [-0.4, -0.2) is 57.7 Å². The minimum absolute atomic E-state index is 0.443. The van der Waals surface area contributed by atoms with E-state index in [1.165, 1.54) is 14.0 Å². The lowest BCUT2D eigenvalue weighted by Crippen LogP contribution is -2.51. The van der Waals surface area contributed by atoms with Gasteiger partial charge >= 0.3 is 5.69 Å². The first-order chi connectivity index (χ1) is 10.3. The van der Waals surface area contributed by atoms with Gasteiger partial charge in [0.05, 0.1) is 6.61 Å². The molecule has 1 amide bonds. The van der Waals surface area contributed by atoms with Gasteiger partial charge in [-0.05, 0) is 6.92 Å². The standard InChI is InChI=1S/C12H17N3O7/c1-12(8(21-2)7(17)6(4-16)22-12)15-3-5(9(13)18)10(19)14-11(15)20/h3,6-8,16-17H,4H2,1-2H3,(H2,13,18)(H,14,19,20)/t6-,7-,8-,12-/m1/s1. The summed E-state index contributed by atoms with van der Waals surface area (Å²) >= 11 is 0. The number of hydrogen-bond acceptors (Lipinski definition) is 7. The number of primary amides is 1. The molecule has 2 rings (SSSR count). The number of nitrogens with one attached hydrogen (secondary N) is 1.